The van der Waals surface area contributed by atoms with Crippen LogP contribution in [0.15, 0.2) is 24.3 Å². The summed E-state index contributed by atoms with van der Waals surface area (Å²) in [5, 5.41) is 6.40. The molecule has 1 fully saturated rings. The molecule has 1 aromatic carbocycles. The Kier molecular flexibility index (Phi) is 5.39. The zero-order chi connectivity index (χ0) is 13.2. The summed E-state index contributed by atoms with van der Waals surface area (Å²) in [5.74, 6) is 0.156. The average molecular weight is 283 g/mol. The molecule has 19 heavy (non-hydrogen) atoms. The minimum atomic E-state index is -0.253. The van der Waals surface area contributed by atoms with Crippen molar-refractivity contribution in [1.29, 1.82) is 0 Å². The number of benzene rings is 1. The molecule has 1 amide bonds. The summed E-state index contributed by atoms with van der Waals surface area (Å²) in [6.45, 7) is 7.87. The van der Waals surface area contributed by atoms with Crippen LogP contribution in [-0.4, -0.2) is 19.0 Å². The smallest absolute Gasteiger partial charge is 0.227 e. The number of halogens is 1. The highest BCUT2D eigenvalue weighted by Crippen LogP contribution is 2.26. The Hall–Kier alpha value is -1.06. The number of aryl methyl sites for hydroxylation is 1. The van der Waals surface area contributed by atoms with Crippen LogP contribution < -0.4 is 10.6 Å². The van der Waals surface area contributed by atoms with E-state index in [4.69, 9.17) is 0 Å². The molecule has 0 bridgehead atoms. The van der Waals surface area contributed by atoms with E-state index in [0.29, 0.717) is 0 Å². The summed E-state index contributed by atoms with van der Waals surface area (Å²) in [7, 11) is 0. The van der Waals surface area contributed by atoms with E-state index < -0.39 is 0 Å². The van der Waals surface area contributed by atoms with Gasteiger partial charge in [-0.15, -0.1) is 12.4 Å². The zero-order valence-electron chi connectivity index (χ0n) is 11.8. The first kappa shape index (κ1) is 16.0. The Bertz CT molecular complexity index is 442. The Balaban J connectivity index is 0.00000180. The van der Waals surface area contributed by atoms with Gasteiger partial charge in [-0.1, -0.05) is 24.3 Å². The van der Waals surface area contributed by atoms with Gasteiger partial charge in [-0.05, 0) is 44.9 Å². The van der Waals surface area contributed by atoms with Gasteiger partial charge in [-0.2, -0.15) is 0 Å². The van der Waals surface area contributed by atoms with Crippen LogP contribution in [0.3, 0.4) is 0 Å². The number of rotatable bonds is 3. The molecule has 2 rings (SSSR count). The van der Waals surface area contributed by atoms with Crippen LogP contribution in [0, 0.1) is 12.3 Å². The van der Waals surface area contributed by atoms with Gasteiger partial charge in [0.2, 0.25) is 5.91 Å². The lowest BCUT2D eigenvalue weighted by Gasteiger charge is -2.25. The molecule has 106 valence electrons. The third-order valence-corrected chi connectivity index (χ3v) is 3.92. The van der Waals surface area contributed by atoms with E-state index in [0.717, 1.165) is 19.5 Å². The van der Waals surface area contributed by atoms with Crippen molar-refractivity contribution in [2.75, 3.05) is 13.1 Å². The second-order valence-corrected chi connectivity index (χ2v) is 5.54. The van der Waals surface area contributed by atoms with Crippen molar-refractivity contribution in [3.05, 3.63) is 35.4 Å². The Labute approximate surface area is 121 Å². The average Bonchev–Trinajstić information content (AvgIpc) is 2.78. The van der Waals surface area contributed by atoms with Crippen LogP contribution in [0.2, 0.25) is 0 Å². The van der Waals surface area contributed by atoms with Crippen molar-refractivity contribution in [2.24, 2.45) is 5.41 Å². The minimum Gasteiger partial charge on any atom is -0.349 e. The van der Waals surface area contributed by atoms with Crippen LogP contribution in [-0.2, 0) is 4.79 Å². The molecule has 0 aliphatic carbocycles. The fraction of sp³-hybridized carbons (Fsp3) is 0.533. The predicted octanol–water partition coefficient (Wildman–Crippen LogP) is 2.59. The Morgan fingerprint density at radius 2 is 2.11 bits per heavy atom. The first-order valence-corrected chi connectivity index (χ1v) is 6.60. The lowest BCUT2D eigenvalue weighted by molar-refractivity contribution is -0.129. The molecule has 2 N–H and O–H groups in total. The molecule has 1 saturated heterocycles. The quantitative estimate of drug-likeness (QED) is 0.895. The number of nitrogens with one attached hydrogen (secondary N) is 2. The molecule has 2 atom stereocenters. The highest BCUT2D eigenvalue weighted by molar-refractivity contribution is 5.85. The summed E-state index contributed by atoms with van der Waals surface area (Å²) in [5.41, 5.74) is 2.16. The van der Waals surface area contributed by atoms with Gasteiger partial charge in [0.05, 0.1) is 11.5 Å². The van der Waals surface area contributed by atoms with E-state index in [2.05, 4.69) is 29.7 Å². The van der Waals surface area contributed by atoms with Gasteiger partial charge in [0.25, 0.3) is 0 Å². The number of carbonyl (C=O) groups excluding carboxylic acids is 1. The third-order valence-electron chi connectivity index (χ3n) is 3.92. The van der Waals surface area contributed by atoms with Crippen LogP contribution in [0.5, 0.6) is 0 Å². The second-order valence-electron chi connectivity index (χ2n) is 5.54. The molecule has 2 unspecified atom stereocenters. The number of carbonyl (C=O) groups is 1. The van der Waals surface area contributed by atoms with Gasteiger partial charge in [0.1, 0.15) is 0 Å². The maximum absolute atomic E-state index is 12.3. The summed E-state index contributed by atoms with van der Waals surface area (Å²) in [4.78, 5) is 12.3. The van der Waals surface area contributed by atoms with E-state index in [-0.39, 0.29) is 29.8 Å². The topological polar surface area (TPSA) is 41.1 Å². The first-order valence-electron chi connectivity index (χ1n) is 6.60. The van der Waals surface area contributed by atoms with Crippen LogP contribution in [0.1, 0.15) is 37.4 Å². The van der Waals surface area contributed by atoms with Crippen molar-refractivity contribution >= 4 is 18.3 Å². The van der Waals surface area contributed by atoms with Crippen LogP contribution in [0.25, 0.3) is 0 Å². The van der Waals surface area contributed by atoms with Crippen molar-refractivity contribution in [3.63, 3.8) is 0 Å². The molecule has 0 spiro atoms. The van der Waals surface area contributed by atoms with Crippen molar-refractivity contribution in [1.82, 2.24) is 10.6 Å². The summed E-state index contributed by atoms with van der Waals surface area (Å²) >= 11 is 0. The van der Waals surface area contributed by atoms with Crippen molar-refractivity contribution in [3.8, 4) is 0 Å². The fourth-order valence-electron chi connectivity index (χ4n) is 2.53. The minimum absolute atomic E-state index is 0. The molecular formula is C15H23ClN2O. The normalized spacial score (nSPS) is 23.5. The number of hydrogen-bond acceptors (Lipinski definition) is 2. The third kappa shape index (κ3) is 3.48. The molecule has 0 aromatic heterocycles. The first-order chi connectivity index (χ1) is 8.53. The van der Waals surface area contributed by atoms with Gasteiger partial charge >= 0.3 is 0 Å². The van der Waals surface area contributed by atoms with Gasteiger partial charge < -0.3 is 10.6 Å². The van der Waals surface area contributed by atoms with Crippen molar-refractivity contribution in [2.45, 2.75) is 33.2 Å². The summed E-state index contributed by atoms with van der Waals surface area (Å²) in [6.07, 6.45) is 0.916. The maximum Gasteiger partial charge on any atom is 0.227 e. The highest BCUT2D eigenvalue weighted by atomic mass is 35.5. The van der Waals surface area contributed by atoms with Gasteiger partial charge in [0.15, 0.2) is 0 Å². The molecule has 4 heteroatoms. The molecule has 0 radical (unpaired) electrons. The van der Waals surface area contributed by atoms with E-state index in [9.17, 15) is 4.79 Å². The fourth-order valence-corrected chi connectivity index (χ4v) is 2.53. The summed E-state index contributed by atoms with van der Waals surface area (Å²) < 4.78 is 0. The molecule has 0 saturated carbocycles. The largest absolute Gasteiger partial charge is 0.349 e. The highest BCUT2D eigenvalue weighted by Gasteiger charge is 2.36. The molecule has 1 aliphatic rings. The molecule has 3 nitrogen and oxygen atoms in total. The second kappa shape index (κ2) is 6.40. The monoisotopic (exact) mass is 282 g/mol. The SMILES string of the molecule is Cc1ccccc1C(C)NC(=O)C1(C)CCNC1.Cl. The van der Waals surface area contributed by atoms with Crippen molar-refractivity contribution < 1.29 is 4.79 Å². The van der Waals surface area contributed by atoms with E-state index in [1.165, 1.54) is 11.1 Å². The van der Waals surface area contributed by atoms with E-state index in [1.807, 2.05) is 26.0 Å². The molecule has 1 heterocycles. The van der Waals surface area contributed by atoms with Crippen LogP contribution in [0.4, 0.5) is 0 Å². The summed E-state index contributed by atoms with van der Waals surface area (Å²) in [6, 6.07) is 8.27. The number of hydrogen-bond donors (Lipinski definition) is 2. The lowest BCUT2D eigenvalue weighted by atomic mass is 9.88. The molecule has 1 aliphatic heterocycles. The Morgan fingerprint density at radius 3 is 2.68 bits per heavy atom. The maximum atomic E-state index is 12.3. The molecule has 1 aromatic rings. The predicted molar refractivity (Wildman–Crippen MR) is 80.6 cm³/mol. The van der Waals surface area contributed by atoms with Crippen LogP contribution >= 0.6 is 12.4 Å². The van der Waals surface area contributed by atoms with Gasteiger partial charge in [0, 0.05) is 6.54 Å². The lowest BCUT2D eigenvalue weighted by Crippen LogP contribution is -2.41. The molecular weight excluding hydrogens is 260 g/mol. The number of amides is 1. The zero-order valence-corrected chi connectivity index (χ0v) is 12.6. The Morgan fingerprint density at radius 1 is 1.42 bits per heavy atom. The van der Waals surface area contributed by atoms with E-state index >= 15 is 0 Å². The standard InChI is InChI=1S/C15H22N2O.ClH/c1-11-6-4-5-7-13(11)12(2)17-14(18)15(3)8-9-16-10-15;/h4-7,12,16H,8-10H2,1-3H3,(H,17,18);1H. The van der Waals surface area contributed by atoms with E-state index in [1.54, 1.807) is 0 Å². The van der Waals surface area contributed by atoms with Gasteiger partial charge in [-0.3, -0.25) is 4.79 Å². The van der Waals surface area contributed by atoms with Gasteiger partial charge in [-0.25, -0.2) is 0 Å².